The molecule has 0 amide bonds. The fourth-order valence-electron chi connectivity index (χ4n) is 1.25. The van der Waals surface area contributed by atoms with Crippen molar-refractivity contribution in [2.24, 2.45) is 0 Å². The maximum absolute atomic E-state index is 13.1. The summed E-state index contributed by atoms with van der Waals surface area (Å²) >= 11 is 1.31. The largest absolute Gasteiger partial charge is 0.372 e. The fourth-order valence-corrected chi connectivity index (χ4v) is 2.04. The Morgan fingerprint density at radius 2 is 2.23 bits per heavy atom. The van der Waals surface area contributed by atoms with Crippen molar-refractivity contribution in [3.63, 3.8) is 0 Å². The smallest absolute Gasteiger partial charge is 0.147 e. The zero-order valence-corrected chi connectivity index (χ0v) is 8.20. The molecule has 0 aliphatic heterocycles. The molecule has 4 heteroatoms. The minimum atomic E-state index is -0.168. The number of nitrogens with zero attached hydrogens (tertiary/aromatic N) is 1. The van der Waals surface area contributed by atoms with Gasteiger partial charge in [0.05, 0.1) is 4.70 Å². The van der Waals surface area contributed by atoms with Gasteiger partial charge < -0.3 is 5.32 Å². The maximum atomic E-state index is 13.1. The lowest BCUT2D eigenvalue weighted by molar-refractivity contribution is 0.621. The van der Waals surface area contributed by atoms with Crippen molar-refractivity contribution in [3.8, 4) is 0 Å². The second-order valence-electron chi connectivity index (χ2n) is 2.88. The molecule has 1 aromatic carbocycles. The third-order valence-electron chi connectivity index (χ3n) is 1.99. The predicted molar refractivity (Wildman–Crippen MR) is 53.9 cm³/mol. The van der Waals surface area contributed by atoms with E-state index in [2.05, 4.69) is 9.69 Å². The van der Waals surface area contributed by atoms with Gasteiger partial charge in [-0.05, 0) is 36.2 Å². The van der Waals surface area contributed by atoms with Gasteiger partial charge in [0, 0.05) is 12.4 Å². The number of aromatic nitrogens is 1. The third-order valence-corrected chi connectivity index (χ3v) is 2.80. The highest BCUT2D eigenvalue weighted by Crippen LogP contribution is 2.28. The van der Waals surface area contributed by atoms with Crippen LogP contribution in [0.25, 0.3) is 10.1 Å². The Morgan fingerprint density at radius 3 is 2.92 bits per heavy atom. The van der Waals surface area contributed by atoms with Crippen LogP contribution in [0.15, 0.2) is 12.1 Å². The first-order valence-corrected chi connectivity index (χ1v) is 4.73. The molecule has 0 fully saturated rings. The van der Waals surface area contributed by atoms with Crippen LogP contribution in [0.5, 0.6) is 0 Å². The summed E-state index contributed by atoms with van der Waals surface area (Å²) in [5.74, 6) is 0.655. The molecular weight excluding hydrogens is 187 g/mol. The van der Waals surface area contributed by atoms with Crippen molar-refractivity contribution in [2.75, 3.05) is 12.4 Å². The van der Waals surface area contributed by atoms with Gasteiger partial charge in [0.25, 0.3) is 0 Å². The summed E-state index contributed by atoms with van der Waals surface area (Å²) in [4.78, 5) is 0. The summed E-state index contributed by atoms with van der Waals surface area (Å²) in [7, 11) is 1.81. The molecule has 13 heavy (non-hydrogen) atoms. The lowest BCUT2D eigenvalue weighted by atomic mass is 10.2. The van der Waals surface area contributed by atoms with Crippen molar-refractivity contribution in [2.45, 2.75) is 6.92 Å². The monoisotopic (exact) mass is 196 g/mol. The van der Waals surface area contributed by atoms with Crippen LogP contribution in [0.1, 0.15) is 5.56 Å². The van der Waals surface area contributed by atoms with Gasteiger partial charge in [-0.25, -0.2) is 4.39 Å². The number of hydrogen-bond acceptors (Lipinski definition) is 3. The highest BCUT2D eigenvalue weighted by molar-refractivity contribution is 7.13. The number of rotatable bonds is 1. The van der Waals surface area contributed by atoms with Gasteiger partial charge in [0.2, 0.25) is 0 Å². The predicted octanol–water partition coefficient (Wildman–Crippen LogP) is 2.79. The van der Waals surface area contributed by atoms with Gasteiger partial charge in [-0.15, -0.1) is 0 Å². The lowest BCUT2D eigenvalue weighted by Crippen LogP contribution is -1.88. The second-order valence-corrected chi connectivity index (χ2v) is 3.68. The third kappa shape index (κ3) is 1.27. The van der Waals surface area contributed by atoms with Crippen LogP contribution in [-0.4, -0.2) is 11.4 Å². The van der Waals surface area contributed by atoms with Gasteiger partial charge >= 0.3 is 0 Å². The molecule has 2 rings (SSSR count). The van der Waals surface area contributed by atoms with E-state index in [1.807, 2.05) is 13.1 Å². The SMILES string of the molecule is CNc1nsc2cc(F)c(C)cc12. The number of benzene rings is 1. The van der Waals surface area contributed by atoms with Crippen molar-refractivity contribution in [1.82, 2.24) is 4.37 Å². The normalized spacial score (nSPS) is 10.7. The first kappa shape index (κ1) is 8.44. The van der Waals surface area contributed by atoms with Gasteiger partial charge in [-0.2, -0.15) is 4.37 Å². The van der Waals surface area contributed by atoms with E-state index >= 15 is 0 Å². The highest BCUT2D eigenvalue weighted by Gasteiger charge is 2.07. The highest BCUT2D eigenvalue weighted by atomic mass is 32.1. The fraction of sp³-hybridized carbons (Fsp3) is 0.222. The summed E-state index contributed by atoms with van der Waals surface area (Å²) in [6.07, 6.45) is 0. The molecule has 0 aliphatic rings. The summed E-state index contributed by atoms with van der Waals surface area (Å²) in [6.45, 7) is 1.76. The first-order valence-electron chi connectivity index (χ1n) is 3.95. The standard InChI is InChI=1S/C9H9FN2S/c1-5-3-6-8(4-7(5)10)13-12-9(6)11-2/h3-4H,1-2H3,(H,11,12). The molecule has 2 nitrogen and oxygen atoms in total. The van der Waals surface area contributed by atoms with Crippen LogP contribution < -0.4 is 5.32 Å². The van der Waals surface area contributed by atoms with E-state index in [-0.39, 0.29) is 5.82 Å². The minimum Gasteiger partial charge on any atom is -0.372 e. The number of nitrogens with one attached hydrogen (secondary N) is 1. The van der Waals surface area contributed by atoms with E-state index in [0.29, 0.717) is 5.56 Å². The Balaban J connectivity index is 2.77. The molecule has 0 saturated heterocycles. The van der Waals surface area contributed by atoms with E-state index < -0.39 is 0 Å². The number of anilines is 1. The molecule has 0 saturated carbocycles. The molecule has 0 spiro atoms. The average molecular weight is 196 g/mol. The van der Waals surface area contributed by atoms with E-state index in [4.69, 9.17) is 0 Å². The van der Waals surface area contributed by atoms with Crippen LogP contribution in [0.2, 0.25) is 0 Å². The van der Waals surface area contributed by atoms with Crippen molar-refractivity contribution >= 4 is 27.4 Å². The Morgan fingerprint density at radius 1 is 1.46 bits per heavy atom. The quantitative estimate of drug-likeness (QED) is 0.758. The summed E-state index contributed by atoms with van der Waals surface area (Å²) in [5, 5.41) is 3.97. The van der Waals surface area contributed by atoms with Crippen LogP contribution >= 0.6 is 11.5 Å². The van der Waals surface area contributed by atoms with Gasteiger partial charge in [-0.3, -0.25) is 0 Å². The maximum Gasteiger partial charge on any atom is 0.147 e. The molecule has 2 aromatic rings. The van der Waals surface area contributed by atoms with E-state index in [1.54, 1.807) is 6.92 Å². The van der Waals surface area contributed by atoms with E-state index in [0.717, 1.165) is 15.9 Å². The molecule has 1 N–H and O–H groups in total. The Bertz CT molecular complexity index is 450. The topological polar surface area (TPSA) is 24.9 Å². The van der Waals surface area contributed by atoms with Crippen LogP contribution in [-0.2, 0) is 0 Å². The Kier molecular flexibility index (Phi) is 1.92. The van der Waals surface area contributed by atoms with Crippen LogP contribution in [0.4, 0.5) is 10.2 Å². The minimum absolute atomic E-state index is 0.168. The second kappa shape index (κ2) is 2.96. The zero-order valence-electron chi connectivity index (χ0n) is 7.39. The van der Waals surface area contributed by atoms with E-state index in [1.165, 1.54) is 17.6 Å². The van der Waals surface area contributed by atoms with Gasteiger partial charge in [0.15, 0.2) is 0 Å². The number of hydrogen-bond donors (Lipinski definition) is 1. The molecule has 0 atom stereocenters. The molecule has 0 aliphatic carbocycles. The Labute approximate surface area is 79.6 Å². The van der Waals surface area contributed by atoms with Crippen LogP contribution in [0, 0.1) is 12.7 Å². The van der Waals surface area contributed by atoms with Crippen molar-refractivity contribution in [3.05, 3.63) is 23.5 Å². The van der Waals surface area contributed by atoms with Crippen LogP contribution in [0.3, 0.4) is 0 Å². The molecule has 0 unspecified atom stereocenters. The summed E-state index contributed by atoms with van der Waals surface area (Å²) in [6, 6.07) is 3.35. The van der Waals surface area contributed by atoms with Crippen molar-refractivity contribution in [1.29, 1.82) is 0 Å². The lowest BCUT2D eigenvalue weighted by Gasteiger charge is -1.97. The van der Waals surface area contributed by atoms with Gasteiger partial charge in [0.1, 0.15) is 11.6 Å². The van der Waals surface area contributed by atoms with Gasteiger partial charge in [-0.1, -0.05) is 0 Å². The average Bonchev–Trinajstić information content (AvgIpc) is 2.48. The molecule has 0 radical (unpaired) electrons. The zero-order chi connectivity index (χ0) is 9.42. The number of aryl methyl sites for hydroxylation is 1. The van der Waals surface area contributed by atoms with E-state index in [9.17, 15) is 4.39 Å². The number of fused-ring (bicyclic) bond motifs is 1. The molecule has 1 heterocycles. The first-order chi connectivity index (χ1) is 6.22. The van der Waals surface area contributed by atoms with Crippen molar-refractivity contribution < 1.29 is 4.39 Å². The Hall–Kier alpha value is -1.16. The molecule has 1 aromatic heterocycles. The number of halogens is 1. The molecule has 0 bridgehead atoms. The summed E-state index contributed by atoms with van der Waals surface area (Å²) in [5.41, 5.74) is 0.657. The summed E-state index contributed by atoms with van der Waals surface area (Å²) < 4.78 is 18.2. The molecular formula is C9H9FN2S. The molecule has 68 valence electrons.